The van der Waals surface area contributed by atoms with Crippen LogP contribution in [0.15, 0.2) is 11.8 Å². The molecule has 4 heteroatoms. The van der Waals surface area contributed by atoms with Crippen molar-refractivity contribution in [2.24, 2.45) is 0 Å². The lowest BCUT2D eigenvalue weighted by Crippen LogP contribution is -2.39. The smallest absolute Gasteiger partial charge is 0.244 e. The third-order valence-corrected chi connectivity index (χ3v) is 1.02. The van der Waals surface area contributed by atoms with Crippen LogP contribution in [0.3, 0.4) is 0 Å². The van der Waals surface area contributed by atoms with Gasteiger partial charge in [0.05, 0.1) is 12.6 Å². The van der Waals surface area contributed by atoms with Gasteiger partial charge in [-0.1, -0.05) is 0 Å². The first kappa shape index (κ1) is 6.10. The average Bonchev–Trinajstić information content (AvgIpc) is 1.59. The molecule has 9 heavy (non-hydrogen) atoms. The third-order valence-electron chi connectivity index (χ3n) is 1.02. The molecule has 1 aliphatic rings. The van der Waals surface area contributed by atoms with E-state index in [0.717, 1.165) is 5.57 Å². The summed E-state index contributed by atoms with van der Waals surface area (Å²) in [6, 6.07) is 0. The summed E-state index contributed by atoms with van der Waals surface area (Å²) in [5.74, 6) is -0.183. The van der Waals surface area contributed by atoms with E-state index in [4.69, 9.17) is 5.21 Å². The Kier molecular flexibility index (Phi) is 1.40. The van der Waals surface area contributed by atoms with Crippen molar-refractivity contribution < 1.29 is 10.0 Å². The summed E-state index contributed by atoms with van der Waals surface area (Å²) in [5, 5.41) is 9.34. The Bertz CT molecular complexity index is 164. The summed E-state index contributed by atoms with van der Waals surface area (Å²) in [4.78, 5) is 10.5. The van der Waals surface area contributed by atoms with Crippen molar-refractivity contribution in [2.75, 3.05) is 0 Å². The lowest BCUT2D eigenvalue weighted by Gasteiger charge is -2.18. The van der Waals surface area contributed by atoms with Gasteiger partial charge in [0, 0.05) is 0 Å². The van der Waals surface area contributed by atoms with E-state index in [1.807, 2.05) is 0 Å². The van der Waals surface area contributed by atoms with Crippen LogP contribution in [0.2, 0.25) is 0 Å². The maximum Gasteiger partial charge on any atom is 0.244 e. The Balaban J connectivity index is 2.67. The number of hydrazine groups is 1. The van der Waals surface area contributed by atoms with Crippen molar-refractivity contribution in [3.05, 3.63) is 11.8 Å². The predicted molar refractivity (Wildman–Crippen MR) is 30.1 cm³/mol. The van der Waals surface area contributed by atoms with E-state index in [0.29, 0.717) is 11.6 Å². The molecule has 0 radical (unpaired) electrons. The number of rotatable bonds is 0. The topological polar surface area (TPSA) is 52.6 Å². The Labute approximate surface area is 52.7 Å². The van der Waals surface area contributed by atoms with Crippen molar-refractivity contribution in [2.45, 2.75) is 13.3 Å². The Hall–Kier alpha value is -1.03. The lowest BCUT2D eigenvalue weighted by molar-refractivity contribution is -0.146. The molecule has 1 amide bonds. The number of nitrogens with zero attached hydrogens (tertiary/aromatic N) is 1. The first-order valence-electron chi connectivity index (χ1n) is 2.63. The number of nitrogens with one attached hydrogen (secondary N) is 1. The van der Waals surface area contributed by atoms with Gasteiger partial charge in [-0.15, -0.1) is 0 Å². The maximum atomic E-state index is 10.5. The van der Waals surface area contributed by atoms with Crippen LogP contribution >= 0.6 is 0 Å². The molecular formula is C5H8N2O2. The molecule has 0 unspecified atom stereocenters. The highest BCUT2D eigenvalue weighted by Gasteiger charge is 2.10. The summed E-state index contributed by atoms with van der Waals surface area (Å²) < 4.78 is 0. The fourth-order valence-corrected chi connectivity index (χ4v) is 0.707. The number of amides is 1. The van der Waals surface area contributed by atoms with Crippen LogP contribution < -0.4 is 5.43 Å². The molecule has 0 atom stereocenters. The average molecular weight is 128 g/mol. The monoisotopic (exact) mass is 128 g/mol. The van der Waals surface area contributed by atoms with Crippen LogP contribution in [-0.4, -0.2) is 16.3 Å². The number of carbonyl (C=O) groups excluding carboxylic acids is 1. The second-order valence-electron chi connectivity index (χ2n) is 2.03. The van der Waals surface area contributed by atoms with E-state index in [-0.39, 0.29) is 5.91 Å². The normalized spacial score (nSPS) is 19.1. The van der Waals surface area contributed by atoms with E-state index in [2.05, 4.69) is 5.43 Å². The summed E-state index contributed by atoms with van der Waals surface area (Å²) in [5.41, 5.74) is 3.03. The second-order valence-corrected chi connectivity index (χ2v) is 2.03. The Morgan fingerprint density at radius 1 is 1.89 bits per heavy atom. The van der Waals surface area contributed by atoms with Crippen LogP contribution in [-0.2, 0) is 4.79 Å². The van der Waals surface area contributed by atoms with Crippen molar-refractivity contribution in [3.8, 4) is 0 Å². The molecule has 1 aliphatic heterocycles. The van der Waals surface area contributed by atoms with Gasteiger partial charge in [0.25, 0.3) is 0 Å². The van der Waals surface area contributed by atoms with Gasteiger partial charge in [0.15, 0.2) is 0 Å². The van der Waals surface area contributed by atoms with Gasteiger partial charge in [-0.25, -0.2) is 5.43 Å². The Morgan fingerprint density at radius 3 is 3.00 bits per heavy atom. The van der Waals surface area contributed by atoms with Gasteiger partial charge >= 0.3 is 0 Å². The molecule has 0 aromatic carbocycles. The second kappa shape index (κ2) is 2.06. The standard InChI is InChI=1S/C5H8N2O2/c1-4-2-5(8)6-7(9)3-4/h3,9H,2H2,1H3,(H,6,8). The van der Waals surface area contributed by atoms with Gasteiger partial charge < -0.3 is 0 Å². The van der Waals surface area contributed by atoms with Crippen LogP contribution in [0.4, 0.5) is 0 Å². The molecule has 50 valence electrons. The molecule has 0 bridgehead atoms. The first-order valence-corrected chi connectivity index (χ1v) is 2.63. The minimum Gasteiger partial charge on any atom is -0.273 e. The number of carbonyl (C=O) groups is 1. The van der Waals surface area contributed by atoms with E-state index in [1.165, 1.54) is 6.20 Å². The maximum absolute atomic E-state index is 10.5. The van der Waals surface area contributed by atoms with Crippen LogP contribution in [0.5, 0.6) is 0 Å². The van der Waals surface area contributed by atoms with Crippen molar-refractivity contribution in [3.63, 3.8) is 0 Å². The largest absolute Gasteiger partial charge is 0.273 e. The SMILES string of the molecule is CC1=CN(O)NC(=O)C1. The zero-order valence-electron chi connectivity index (χ0n) is 5.09. The van der Waals surface area contributed by atoms with Crippen molar-refractivity contribution in [1.29, 1.82) is 0 Å². The van der Waals surface area contributed by atoms with E-state index in [9.17, 15) is 4.79 Å². The lowest BCUT2D eigenvalue weighted by atomic mass is 10.2. The molecule has 0 spiro atoms. The molecule has 0 aromatic heterocycles. The summed E-state index contributed by atoms with van der Waals surface area (Å²) >= 11 is 0. The molecule has 4 nitrogen and oxygen atoms in total. The van der Waals surface area contributed by atoms with Crippen LogP contribution in [0.25, 0.3) is 0 Å². The highest BCUT2D eigenvalue weighted by Crippen LogP contribution is 2.04. The molecule has 2 N–H and O–H groups in total. The molecule has 0 aliphatic carbocycles. The van der Waals surface area contributed by atoms with E-state index < -0.39 is 0 Å². The molecular weight excluding hydrogens is 120 g/mol. The van der Waals surface area contributed by atoms with Gasteiger partial charge in [-0.2, -0.15) is 5.17 Å². The quantitative estimate of drug-likeness (QED) is 0.483. The van der Waals surface area contributed by atoms with Crippen molar-refractivity contribution >= 4 is 5.91 Å². The molecule has 0 saturated carbocycles. The van der Waals surface area contributed by atoms with Crippen molar-refractivity contribution in [1.82, 2.24) is 10.6 Å². The number of hydrogen-bond acceptors (Lipinski definition) is 3. The minimum atomic E-state index is -0.183. The van der Waals surface area contributed by atoms with Crippen LogP contribution in [0, 0.1) is 0 Å². The van der Waals surface area contributed by atoms with E-state index in [1.54, 1.807) is 6.92 Å². The highest BCUT2D eigenvalue weighted by atomic mass is 16.5. The molecule has 1 rings (SSSR count). The van der Waals surface area contributed by atoms with Gasteiger partial charge in [-0.3, -0.25) is 10.0 Å². The molecule has 1 heterocycles. The molecule has 0 fully saturated rings. The van der Waals surface area contributed by atoms with E-state index >= 15 is 0 Å². The fourth-order valence-electron chi connectivity index (χ4n) is 0.707. The zero-order valence-corrected chi connectivity index (χ0v) is 5.09. The van der Waals surface area contributed by atoms with Gasteiger partial charge in [-0.05, 0) is 12.5 Å². The summed E-state index contributed by atoms with van der Waals surface area (Å²) in [6.07, 6.45) is 1.83. The molecule has 0 saturated heterocycles. The summed E-state index contributed by atoms with van der Waals surface area (Å²) in [7, 11) is 0. The first-order chi connectivity index (χ1) is 4.18. The molecule has 0 aromatic rings. The fraction of sp³-hybridized carbons (Fsp3) is 0.400. The zero-order chi connectivity index (χ0) is 6.85. The minimum absolute atomic E-state index is 0.183. The highest BCUT2D eigenvalue weighted by molar-refractivity contribution is 5.78. The Morgan fingerprint density at radius 2 is 2.56 bits per heavy atom. The number of hydrogen-bond donors (Lipinski definition) is 2. The van der Waals surface area contributed by atoms with Gasteiger partial charge in [0.2, 0.25) is 5.91 Å². The van der Waals surface area contributed by atoms with Gasteiger partial charge in [0.1, 0.15) is 0 Å². The summed E-state index contributed by atoms with van der Waals surface area (Å²) in [6.45, 7) is 1.78. The predicted octanol–water partition coefficient (Wildman–Crippen LogP) is 0.0163. The van der Waals surface area contributed by atoms with Crippen LogP contribution in [0.1, 0.15) is 13.3 Å². The third kappa shape index (κ3) is 1.43. The number of hydroxylamine groups is 1.